The molecule has 1 saturated carbocycles. The van der Waals surface area contributed by atoms with Gasteiger partial charge in [-0.2, -0.15) is 0 Å². The normalized spacial score (nSPS) is 29.7. The fourth-order valence-electron chi connectivity index (χ4n) is 5.70. The zero-order valence-corrected chi connectivity index (χ0v) is 17.6. The highest BCUT2D eigenvalue weighted by atomic mass is 16.5. The Kier molecular flexibility index (Phi) is 5.41. The highest BCUT2D eigenvalue weighted by Crippen LogP contribution is 2.39. The minimum atomic E-state index is -0.260. The van der Waals surface area contributed by atoms with Crippen molar-refractivity contribution in [3.8, 4) is 5.75 Å². The van der Waals surface area contributed by atoms with Gasteiger partial charge >= 0.3 is 0 Å². The van der Waals surface area contributed by atoms with E-state index in [2.05, 4.69) is 4.90 Å². The summed E-state index contributed by atoms with van der Waals surface area (Å²) < 4.78 is 12.0. The van der Waals surface area contributed by atoms with Crippen molar-refractivity contribution < 1.29 is 19.1 Å². The van der Waals surface area contributed by atoms with E-state index in [0.29, 0.717) is 37.2 Å². The largest absolute Gasteiger partial charge is 0.482 e. The Morgan fingerprint density at radius 1 is 1.10 bits per heavy atom. The molecule has 2 amide bonds. The van der Waals surface area contributed by atoms with Gasteiger partial charge in [-0.05, 0) is 50.9 Å². The van der Waals surface area contributed by atoms with Crippen molar-refractivity contribution in [2.45, 2.75) is 50.2 Å². The monoisotopic (exact) mass is 413 g/mol. The highest BCUT2D eigenvalue weighted by Gasteiger charge is 2.49. The van der Waals surface area contributed by atoms with Crippen molar-refractivity contribution in [3.63, 3.8) is 0 Å². The number of benzene rings is 1. The van der Waals surface area contributed by atoms with Crippen molar-refractivity contribution in [2.75, 3.05) is 50.8 Å². The number of amides is 2. The van der Waals surface area contributed by atoms with Gasteiger partial charge in [0.05, 0.1) is 18.8 Å². The third-order valence-electron chi connectivity index (χ3n) is 7.18. The van der Waals surface area contributed by atoms with Crippen LogP contribution in [0.15, 0.2) is 24.3 Å². The first-order chi connectivity index (χ1) is 14.7. The number of morpholine rings is 1. The zero-order valence-electron chi connectivity index (χ0n) is 17.6. The van der Waals surface area contributed by atoms with E-state index in [0.717, 1.165) is 32.4 Å². The Balaban J connectivity index is 1.32. The summed E-state index contributed by atoms with van der Waals surface area (Å²) in [7, 11) is 0. The molecular formula is C23H31N3O4. The Morgan fingerprint density at radius 3 is 2.80 bits per heavy atom. The molecule has 3 aliphatic heterocycles. The number of hydrogen-bond acceptors (Lipinski definition) is 5. The molecule has 2 atom stereocenters. The smallest absolute Gasteiger partial charge is 0.265 e. The molecule has 1 aliphatic carbocycles. The van der Waals surface area contributed by atoms with Gasteiger partial charge in [0, 0.05) is 12.6 Å². The molecule has 0 N–H and O–H groups in total. The predicted octanol–water partition coefficient (Wildman–Crippen LogP) is 2.05. The summed E-state index contributed by atoms with van der Waals surface area (Å²) in [5.41, 5.74) is 0.418. The van der Waals surface area contributed by atoms with Crippen LogP contribution in [-0.4, -0.2) is 79.2 Å². The van der Waals surface area contributed by atoms with E-state index in [1.165, 1.54) is 19.3 Å². The number of fused-ring (bicyclic) bond motifs is 1. The van der Waals surface area contributed by atoms with Crippen molar-refractivity contribution in [3.05, 3.63) is 24.3 Å². The number of anilines is 1. The third kappa shape index (κ3) is 3.58. The van der Waals surface area contributed by atoms with Gasteiger partial charge in [-0.1, -0.05) is 25.0 Å². The van der Waals surface area contributed by atoms with Gasteiger partial charge in [0.1, 0.15) is 17.9 Å². The summed E-state index contributed by atoms with van der Waals surface area (Å²) in [5, 5.41) is 0. The summed E-state index contributed by atoms with van der Waals surface area (Å²) in [6.45, 7) is 4.12. The van der Waals surface area contributed by atoms with Gasteiger partial charge in [-0.25, -0.2) is 0 Å². The van der Waals surface area contributed by atoms with Crippen LogP contribution < -0.4 is 9.64 Å². The first-order valence-electron chi connectivity index (χ1n) is 11.3. The van der Waals surface area contributed by atoms with E-state index in [9.17, 15) is 9.59 Å². The van der Waals surface area contributed by atoms with Gasteiger partial charge in [0.15, 0.2) is 6.61 Å². The lowest BCUT2D eigenvalue weighted by atomic mass is 9.78. The number of carbonyl (C=O) groups is 2. The summed E-state index contributed by atoms with van der Waals surface area (Å²) in [4.78, 5) is 31.9. The second-order valence-electron chi connectivity index (χ2n) is 8.97. The van der Waals surface area contributed by atoms with Crippen LogP contribution in [0.2, 0.25) is 0 Å². The molecule has 1 aromatic carbocycles. The van der Waals surface area contributed by atoms with Gasteiger partial charge in [0.25, 0.3) is 5.91 Å². The summed E-state index contributed by atoms with van der Waals surface area (Å²) in [6.07, 6.45) is 7.07. The second kappa shape index (κ2) is 8.19. The molecule has 3 heterocycles. The van der Waals surface area contributed by atoms with Crippen LogP contribution >= 0.6 is 0 Å². The zero-order chi connectivity index (χ0) is 20.6. The molecule has 5 rings (SSSR count). The first kappa shape index (κ1) is 19.8. The number of hydrogen-bond donors (Lipinski definition) is 0. The molecule has 0 unspecified atom stereocenters. The maximum atomic E-state index is 13.3. The van der Waals surface area contributed by atoms with E-state index in [4.69, 9.17) is 9.47 Å². The molecule has 3 fully saturated rings. The number of rotatable bonds is 3. The SMILES string of the molecule is O=C(CN1C(=O)COc2ccccc21)N1CCO[C@]2(CCCC[C@@H]2N2CCCC2)C1. The Labute approximate surface area is 177 Å². The molecule has 1 spiro atoms. The van der Waals surface area contributed by atoms with Gasteiger partial charge in [-0.15, -0.1) is 0 Å². The van der Waals surface area contributed by atoms with Crippen LogP contribution in [0.25, 0.3) is 0 Å². The fourth-order valence-corrected chi connectivity index (χ4v) is 5.70. The molecule has 4 aliphatic rings. The lowest BCUT2D eigenvalue weighted by Gasteiger charge is -2.52. The van der Waals surface area contributed by atoms with Crippen molar-refractivity contribution in [2.24, 2.45) is 0 Å². The Hall–Kier alpha value is -2.12. The van der Waals surface area contributed by atoms with E-state index in [1.54, 1.807) is 4.90 Å². The van der Waals surface area contributed by atoms with Crippen LogP contribution in [0.3, 0.4) is 0 Å². The number of nitrogens with zero attached hydrogens (tertiary/aromatic N) is 3. The fraction of sp³-hybridized carbons (Fsp3) is 0.652. The third-order valence-corrected chi connectivity index (χ3v) is 7.18. The van der Waals surface area contributed by atoms with Crippen LogP contribution in [0.1, 0.15) is 38.5 Å². The number of likely N-dealkylation sites (tertiary alicyclic amines) is 1. The first-order valence-corrected chi connectivity index (χ1v) is 11.3. The molecule has 0 aromatic heterocycles. The van der Waals surface area contributed by atoms with E-state index in [1.807, 2.05) is 29.2 Å². The highest BCUT2D eigenvalue weighted by molar-refractivity contribution is 6.02. The van der Waals surface area contributed by atoms with Gasteiger partial charge in [-0.3, -0.25) is 19.4 Å². The van der Waals surface area contributed by atoms with E-state index < -0.39 is 0 Å². The van der Waals surface area contributed by atoms with Crippen LogP contribution in [0, 0.1) is 0 Å². The molecule has 30 heavy (non-hydrogen) atoms. The summed E-state index contributed by atoms with van der Waals surface area (Å²) in [5.74, 6) is 0.482. The molecule has 2 saturated heterocycles. The maximum absolute atomic E-state index is 13.3. The van der Waals surface area contributed by atoms with Crippen LogP contribution in [0.5, 0.6) is 5.75 Å². The molecule has 0 radical (unpaired) electrons. The molecule has 0 bridgehead atoms. The topological polar surface area (TPSA) is 62.3 Å². The molecule has 1 aromatic rings. The van der Waals surface area contributed by atoms with E-state index >= 15 is 0 Å². The molecular weight excluding hydrogens is 382 g/mol. The lowest BCUT2D eigenvalue weighted by molar-refractivity contribution is -0.173. The van der Waals surface area contributed by atoms with E-state index in [-0.39, 0.29) is 30.6 Å². The maximum Gasteiger partial charge on any atom is 0.265 e. The van der Waals surface area contributed by atoms with Gasteiger partial charge < -0.3 is 14.4 Å². The number of ether oxygens (including phenoxy) is 2. The quantitative estimate of drug-likeness (QED) is 0.759. The lowest BCUT2D eigenvalue weighted by Crippen LogP contribution is -2.65. The van der Waals surface area contributed by atoms with Crippen molar-refractivity contribution in [1.82, 2.24) is 9.80 Å². The van der Waals surface area contributed by atoms with Crippen molar-refractivity contribution >= 4 is 17.5 Å². The Morgan fingerprint density at radius 2 is 1.93 bits per heavy atom. The van der Waals surface area contributed by atoms with Crippen LogP contribution in [-0.2, 0) is 14.3 Å². The summed E-state index contributed by atoms with van der Waals surface area (Å²) >= 11 is 0. The average molecular weight is 414 g/mol. The number of para-hydroxylation sites is 2. The standard InChI is InChI=1S/C23H31N3O4/c27-21(15-26-18-7-1-2-8-19(18)29-16-22(26)28)25-13-14-30-23(17-25)10-4-3-9-20(23)24-11-5-6-12-24/h1-2,7-8,20H,3-6,9-17H2/t20-,23+/m0/s1. The van der Waals surface area contributed by atoms with Crippen LogP contribution in [0.4, 0.5) is 5.69 Å². The average Bonchev–Trinajstić information content (AvgIpc) is 3.30. The second-order valence-corrected chi connectivity index (χ2v) is 8.97. The minimum absolute atomic E-state index is 0.00604. The van der Waals surface area contributed by atoms with Crippen molar-refractivity contribution in [1.29, 1.82) is 0 Å². The number of carbonyl (C=O) groups excluding carboxylic acids is 2. The summed E-state index contributed by atoms with van der Waals surface area (Å²) in [6, 6.07) is 7.82. The molecule has 162 valence electrons. The minimum Gasteiger partial charge on any atom is -0.482 e. The molecule has 7 nitrogen and oxygen atoms in total. The predicted molar refractivity (Wildman–Crippen MR) is 113 cm³/mol. The molecule has 7 heteroatoms. The Bertz CT molecular complexity index is 805. The van der Waals surface area contributed by atoms with Gasteiger partial charge in [0.2, 0.25) is 5.91 Å².